The summed E-state index contributed by atoms with van der Waals surface area (Å²) < 4.78 is 27.0. The van der Waals surface area contributed by atoms with Gasteiger partial charge in [-0.05, 0) is 18.2 Å². The van der Waals surface area contributed by atoms with Crippen molar-refractivity contribution in [3.63, 3.8) is 0 Å². The van der Waals surface area contributed by atoms with E-state index in [4.69, 9.17) is 0 Å². The number of aromatic amines is 1. The molecule has 0 saturated carbocycles. The van der Waals surface area contributed by atoms with Gasteiger partial charge in [-0.25, -0.2) is 13.8 Å². The van der Waals surface area contributed by atoms with E-state index in [2.05, 4.69) is 25.8 Å². The van der Waals surface area contributed by atoms with Crippen LogP contribution in [-0.2, 0) is 4.79 Å². The molecular formula is C17H15F2N5O2. The number of carbonyl (C=O) groups is 2. The molecule has 0 fully saturated rings. The highest BCUT2D eigenvalue weighted by atomic mass is 19.2. The van der Waals surface area contributed by atoms with Gasteiger partial charge in [0.05, 0.1) is 22.8 Å². The predicted octanol–water partition coefficient (Wildman–Crippen LogP) is 3.08. The van der Waals surface area contributed by atoms with Gasteiger partial charge in [-0.1, -0.05) is 19.9 Å². The zero-order valence-corrected chi connectivity index (χ0v) is 13.9. The standard InChI is InChI=1S/C17H15F2N5O2/c1-8(2)16(25)22-15-11-6-9(7-20-14(11)23-24-15)21-17(26)10-4-3-5-12(18)13(10)19/h3-8H,1-2H3,(H,21,26)(H2,20,22,23,24,25). The second kappa shape index (κ2) is 6.87. The van der Waals surface area contributed by atoms with Crippen LogP contribution in [0.5, 0.6) is 0 Å². The topological polar surface area (TPSA) is 99.8 Å². The smallest absolute Gasteiger partial charge is 0.258 e. The molecule has 9 heteroatoms. The van der Waals surface area contributed by atoms with E-state index < -0.39 is 23.1 Å². The average molecular weight is 359 g/mol. The lowest BCUT2D eigenvalue weighted by Gasteiger charge is -2.08. The van der Waals surface area contributed by atoms with E-state index >= 15 is 0 Å². The van der Waals surface area contributed by atoms with Crippen molar-refractivity contribution in [1.82, 2.24) is 15.2 Å². The number of nitrogens with one attached hydrogen (secondary N) is 3. The van der Waals surface area contributed by atoms with Gasteiger partial charge >= 0.3 is 0 Å². The van der Waals surface area contributed by atoms with E-state index in [1.807, 2.05) is 0 Å². The first kappa shape index (κ1) is 17.5. The third-order valence-electron chi connectivity index (χ3n) is 3.64. The van der Waals surface area contributed by atoms with Crippen LogP contribution in [0, 0.1) is 17.6 Å². The van der Waals surface area contributed by atoms with Crippen molar-refractivity contribution < 1.29 is 18.4 Å². The fourth-order valence-electron chi connectivity index (χ4n) is 2.21. The Balaban J connectivity index is 1.88. The van der Waals surface area contributed by atoms with Gasteiger partial charge in [0, 0.05) is 5.92 Å². The molecule has 0 radical (unpaired) electrons. The van der Waals surface area contributed by atoms with Crippen molar-refractivity contribution in [2.24, 2.45) is 5.92 Å². The molecule has 0 unspecified atom stereocenters. The molecule has 1 aromatic carbocycles. The fourth-order valence-corrected chi connectivity index (χ4v) is 2.21. The van der Waals surface area contributed by atoms with Crippen molar-refractivity contribution in [3.8, 4) is 0 Å². The van der Waals surface area contributed by atoms with Crippen molar-refractivity contribution in [2.75, 3.05) is 10.6 Å². The molecule has 0 bridgehead atoms. The number of nitrogens with zero attached hydrogens (tertiary/aromatic N) is 2. The number of pyridine rings is 1. The average Bonchev–Trinajstić information content (AvgIpc) is 2.99. The molecule has 0 atom stereocenters. The van der Waals surface area contributed by atoms with Crippen LogP contribution in [0.25, 0.3) is 11.0 Å². The Bertz CT molecular complexity index is 1000. The van der Waals surface area contributed by atoms with E-state index in [1.54, 1.807) is 13.8 Å². The highest BCUT2D eigenvalue weighted by Gasteiger charge is 2.17. The maximum absolute atomic E-state index is 13.7. The van der Waals surface area contributed by atoms with E-state index in [-0.39, 0.29) is 17.5 Å². The Hall–Kier alpha value is -3.36. The van der Waals surface area contributed by atoms with Crippen LogP contribution < -0.4 is 10.6 Å². The number of hydrogen-bond acceptors (Lipinski definition) is 4. The molecule has 134 valence electrons. The third-order valence-corrected chi connectivity index (χ3v) is 3.64. The van der Waals surface area contributed by atoms with E-state index in [0.29, 0.717) is 16.9 Å². The molecule has 0 aliphatic carbocycles. The fraction of sp³-hybridized carbons (Fsp3) is 0.176. The Morgan fingerprint density at radius 2 is 1.96 bits per heavy atom. The molecule has 0 saturated heterocycles. The van der Waals surface area contributed by atoms with Crippen molar-refractivity contribution in [1.29, 1.82) is 0 Å². The van der Waals surface area contributed by atoms with Gasteiger partial charge in [-0.2, -0.15) is 5.10 Å². The summed E-state index contributed by atoms with van der Waals surface area (Å²) in [5.41, 5.74) is 0.150. The summed E-state index contributed by atoms with van der Waals surface area (Å²) in [4.78, 5) is 28.1. The minimum Gasteiger partial charge on any atom is -0.320 e. The van der Waals surface area contributed by atoms with Crippen molar-refractivity contribution >= 4 is 34.4 Å². The van der Waals surface area contributed by atoms with E-state index in [0.717, 1.165) is 6.07 Å². The van der Waals surface area contributed by atoms with E-state index in [9.17, 15) is 18.4 Å². The molecule has 26 heavy (non-hydrogen) atoms. The molecule has 0 aliphatic rings. The number of halogens is 2. The van der Waals surface area contributed by atoms with Crippen LogP contribution in [-0.4, -0.2) is 27.0 Å². The first-order chi connectivity index (χ1) is 12.4. The summed E-state index contributed by atoms with van der Waals surface area (Å²) in [5, 5.41) is 12.2. The summed E-state index contributed by atoms with van der Waals surface area (Å²) in [6.07, 6.45) is 1.33. The second-order valence-corrected chi connectivity index (χ2v) is 5.89. The Morgan fingerprint density at radius 1 is 1.19 bits per heavy atom. The zero-order chi connectivity index (χ0) is 18.8. The molecule has 0 aliphatic heterocycles. The number of benzene rings is 1. The Morgan fingerprint density at radius 3 is 2.69 bits per heavy atom. The summed E-state index contributed by atoms with van der Waals surface area (Å²) >= 11 is 0. The van der Waals surface area contributed by atoms with Gasteiger partial charge in [-0.3, -0.25) is 14.7 Å². The number of aromatic nitrogens is 3. The van der Waals surface area contributed by atoms with Crippen LogP contribution in [0.3, 0.4) is 0 Å². The number of amides is 2. The maximum atomic E-state index is 13.7. The number of rotatable bonds is 4. The van der Waals surface area contributed by atoms with Gasteiger partial charge in [0.25, 0.3) is 5.91 Å². The molecular weight excluding hydrogens is 344 g/mol. The lowest BCUT2D eigenvalue weighted by Crippen LogP contribution is -2.18. The van der Waals surface area contributed by atoms with Crippen LogP contribution in [0.15, 0.2) is 30.5 Å². The summed E-state index contributed by atoms with van der Waals surface area (Å²) in [7, 11) is 0. The summed E-state index contributed by atoms with van der Waals surface area (Å²) in [5.74, 6) is -3.28. The zero-order valence-electron chi connectivity index (χ0n) is 13.9. The molecule has 2 aromatic heterocycles. The molecule has 3 N–H and O–H groups in total. The van der Waals surface area contributed by atoms with Crippen LogP contribution in [0.2, 0.25) is 0 Å². The van der Waals surface area contributed by atoms with Crippen molar-refractivity contribution in [2.45, 2.75) is 13.8 Å². The Kier molecular flexibility index (Phi) is 4.61. The number of carbonyl (C=O) groups excluding carboxylic acids is 2. The first-order valence-corrected chi connectivity index (χ1v) is 7.77. The van der Waals surface area contributed by atoms with Crippen LogP contribution >= 0.6 is 0 Å². The number of H-pyrrole nitrogens is 1. The second-order valence-electron chi connectivity index (χ2n) is 5.89. The van der Waals surface area contributed by atoms with Gasteiger partial charge in [0.2, 0.25) is 5.91 Å². The van der Waals surface area contributed by atoms with Gasteiger partial charge in [0.1, 0.15) is 5.82 Å². The first-order valence-electron chi connectivity index (χ1n) is 7.77. The SMILES string of the molecule is CC(C)C(=O)Nc1[nH]nc2ncc(NC(=O)c3cccc(F)c3F)cc12. The normalized spacial score (nSPS) is 11.0. The van der Waals surface area contributed by atoms with Crippen molar-refractivity contribution in [3.05, 3.63) is 47.7 Å². The van der Waals surface area contributed by atoms with Crippen LogP contribution in [0.1, 0.15) is 24.2 Å². The number of anilines is 2. The monoisotopic (exact) mass is 359 g/mol. The van der Waals surface area contributed by atoms with Crippen LogP contribution in [0.4, 0.5) is 20.3 Å². The minimum absolute atomic E-state index is 0.216. The van der Waals surface area contributed by atoms with E-state index in [1.165, 1.54) is 24.4 Å². The predicted molar refractivity (Wildman–Crippen MR) is 91.7 cm³/mol. The Labute approximate surface area is 146 Å². The molecule has 7 nitrogen and oxygen atoms in total. The molecule has 2 amide bonds. The largest absolute Gasteiger partial charge is 0.320 e. The van der Waals surface area contributed by atoms with Gasteiger partial charge < -0.3 is 10.6 Å². The minimum atomic E-state index is -1.23. The lowest BCUT2D eigenvalue weighted by atomic mass is 10.2. The van der Waals surface area contributed by atoms with Gasteiger partial charge in [-0.15, -0.1) is 0 Å². The molecule has 3 rings (SSSR count). The molecule has 3 aromatic rings. The van der Waals surface area contributed by atoms with Gasteiger partial charge in [0.15, 0.2) is 17.3 Å². The third kappa shape index (κ3) is 3.37. The summed E-state index contributed by atoms with van der Waals surface area (Å²) in [6.45, 7) is 3.48. The highest BCUT2D eigenvalue weighted by molar-refractivity contribution is 6.06. The quantitative estimate of drug-likeness (QED) is 0.666. The highest BCUT2D eigenvalue weighted by Crippen LogP contribution is 2.23. The number of hydrogen-bond donors (Lipinski definition) is 3. The summed E-state index contributed by atoms with van der Waals surface area (Å²) in [6, 6.07) is 4.86. The number of fused-ring (bicyclic) bond motifs is 1. The maximum Gasteiger partial charge on any atom is 0.258 e. The molecule has 0 spiro atoms. The molecule has 2 heterocycles. The lowest BCUT2D eigenvalue weighted by molar-refractivity contribution is -0.118.